The molecular formula is C12H11F2N3O4S. The molecule has 1 fully saturated rings. The molecule has 2 aromatic heterocycles. The van der Waals surface area contributed by atoms with E-state index in [0.29, 0.717) is 0 Å². The van der Waals surface area contributed by atoms with Crippen molar-refractivity contribution in [3.05, 3.63) is 30.4 Å². The Bertz CT molecular complexity index is 840. The molecule has 2 aromatic rings. The fourth-order valence-electron chi connectivity index (χ4n) is 1.94. The van der Waals surface area contributed by atoms with Gasteiger partial charge in [-0.3, -0.25) is 4.79 Å². The molecule has 0 radical (unpaired) electrons. The highest BCUT2D eigenvalue weighted by atomic mass is 32.2. The molecule has 22 heavy (non-hydrogen) atoms. The van der Waals surface area contributed by atoms with Gasteiger partial charge in [-0.05, 0) is 0 Å². The average molecular weight is 331 g/mol. The summed E-state index contributed by atoms with van der Waals surface area (Å²) in [5.41, 5.74) is 0. The van der Waals surface area contributed by atoms with Crippen LogP contribution in [0.15, 0.2) is 33.9 Å². The number of hydrogen-bond donors (Lipinski definition) is 1. The molecule has 118 valence electrons. The summed E-state index contributed by atoms with van der Waals surface area (Å²) < 4.78 is 54.7. The van der Waals surface area contributed by atoms with Crippen LogP contribution in [-0.4, -0.2) is 36.3 Å². The third kappa shape index (κ3) is 2.61. The van der Waals surface area contributed by atoms with Gasteiger partial charge in [-0.2, -0.15) is 5.10 Å². The first kappa shape index (κ1) is 14.7. The van der Waals surface area contributed by atoms with E-state index < -0.39 is 27.7 Å². The van der Waals surface area contributed by atoms with Crippen molar-refractivity contribution in [1.82, 2.24) is 9.78 Å². The number of hydrogen-bond acceptors (Lipinski definition) is 5. The average Bonchev–Trinajstić information content (AvgIpc) is 2.86. The molecule has 1 atom stereocenters. The first-order valence-electron chi connectivity index (χ1n) is 6.20. The molecule has 0 aliphatic heterocycles. The zero-order chi connectivity index (χ0) is 16.1. The van der Waals surface area contributed by atoms with Crippen LogP contribution in [0.5, 0.6) is 0 Å². The summed E-state index contributed by atoms with van der Waals surface area (Å²) in [5.74, 6) is -3.74. The number of sulfone groups is 1. The van der Waals surface area contributed by atoms with Crippen molar-refractivity contribution in [2.45, 2.75) is 23.3 Å². The molecule has 1 saturated carbocycles. The molecule has 10 heteroatoms. The maximum atomic E-state index is 13.1. The molecule has 0 saturated heterocycles. The summed E-state index contributed by atoms with van der Waals surface area (Å²) in [6, 6.07) is 1.35. The monoisotopic (exact) mass is 331 g/mol. The number of anilines is 1. The highest BCUT2D eigenvalue weighted by Crippen LogP contribution is 2.53. The minimum Gasteiger partial charge on any atom is -0.458 e. The van der Waals surface area contributed by atoms with Crippen molar-refractivity contribution in [1.29, 1.82) is 0 Å². The van der Waals surface area contributed by atoms with E-state index in [1.54, 1.807) is 0 Å². The van der Waals surface area contributed by atoms with E-state index in [0.717, 1.165) is 23.3 Å². The molecule has 2 heterocycles. The Morgan fingerprint density at radius 1 is 1.55 bits per heavy atom. The summed E-state index contributed by atoms with van der Waals surface area (Å²) in [6.45, 7) is 0. The van der Waals surface area contributed by atoms with E-state index in [9.17, 15) is 22.0 Å². The third-order valence-electron chi connectivity index (χ3n) is 3.23. The number of amides is 1. The van der Waals surface area contributed by atoms with Gasteiger partial charge >= 0.3 is 0 Å². The minimum atomic E-state index is -3.50. The number of carbonyl (C=O) groups excluding carboxylic acids is 1. The lowest BCUT2D eigenvalue weighted by Gasteiger charge is -2.06. The molecule has 1 aliphatic carbocycles. The quantitative estimate of drug-likeness (QED) is 0.920. The smallest absolute Gasteiger partial charge is 0.292 e. The van der Waals surface area contributed by atoms with Crippen LogP contribution in [0.4, 0.5) is 14.6 Å². The number of furan rings is 1. The van der Waals surface area contributed by atoms with Gasteiger partial charge in [-0.1, -0.05) is 0 Å². The molecule has 1 amide bonds. The molecule has 0 spiro atoms. The lowest BCUT2D eigenvalue weighted by atomic mass is 10.4. The maximum Gasteiger partial charge on any atom is 0.292 e. The SMILES string of the molecule is CS(=O)(=O)c1coc(C(=O)Nc2ccnn2C2CC2(F)F)c1. The Morgan fingerprint density at radius 2 is 2.23 bits per heavy atom. The first-order valence-corrected chi connectivity index (χ1v) is 8.09. The Kier molecular flexibility index (Phi) is 3.09. The number of aromatic nitrogens is 2. The van der Waals surface area contributed by atoms with Crippen LogP contribution in [-0.2, 0) is 9.84 Å². The van der Waals surface area contributed by atoms with Crippen molar-refractivity contribution in [3.8, 4) is 0 Å². The molecule has 1 unspecified atom stereocenters. The predicted octanol–water partition coefficient (Wildman–Crippen LogP) is 1.71. The predicted molar refractivity (Wildman–Crippen MR) is 70.6 cm³/mol. The minimum absolute atomic E-state index is 0.0875. The van der Waals surface area contributed by atoms with Gasteiger partial charge in [0.2, 0.25) is 0 Å². The fourth-order valence-corrected chi connectivity index (χ4v) is 2.48. The van der Waals surface area contributed by atoms with Crippen LogP contribution < -0.4 is 5.32 Å². The molecular weight excluding hydrogens is 320 g/mol. The van der Waals surface area contributed by atoms with Crippen molar-refractivity contribution in [2.24, 2.45) is 0 Å². The number of halogens is 2. The Balaban J connectivity index is 1.78. The van der Waals surface area contributed by atoms with Crippen LogP contribution in [0.1, 0.15) is 23.0 Å². The second-order valence-corrected chi connectivity index (χ2v) is 7.03. The molecule has 1 N–H and O–H groups in total. The van der Waals surface area contributed by atoms with Crippen LogP contribution in [0.3, 0.4) is 0 Å². The highest BCUT2D eigenvalue weighted by Gasteiger charge is 2.59. The van der Waals surface area contributed by atoms with Gasteiger partial charge < -0.3 is 9.73 Å². The lowest BCUT2D eigenvalue weighted by Crippen LogP contribution is -2.16. The van der Waals surface area contributed by atoms with E-state index in [-0.39, 0.29) is 22.9 Å². The number of alkyl halides is 2. The zero-order valence-electron chi connectivity index (χ0n) is 11.3. The normalized spacial score (nSPS) is 19.9. The first-order chi connectivity index (χ1) is 10.2. The second kappa shape index (κ2) is 4.63. The summed E-state index contributed by atoms with van der Waals surface area (Å²) in [4.78, 5) is 11.8. The van der Waals surface area contributed by atoms with E-state index >= 15 is 0 Å². The maximum absolute atomic E-state index is 13.1. The van der Waals surface area contributed by atoms with Gasteiger partial charge in [0, 0.05) is 24.8 Å². The Morgan fingerprint density at radius 3 is 2.77 bits per heavy atom. The topological polar surface area (TPSA) is 94.2 Å². The van der Waals surface area contributed by atoms with Crippen LogP contribution >= 0.6 is 0 Å². The fraction of sp³-hybridized carbons (Fsp3) is 0.333. The van der Waals surface area contributed by atoms with Crippen molar-refractivity contribution >= 4 is 21.6 Å². The summed E-state index contributed by atoms with van der Waals surface area (Å²) in [7, 11) is -3.50. The zero-order valence-corrected chi connectivity index (χ0v) is 12.1. The van der Waals surface area contributed by atoms with Gasteiger partial charge in [0.15, 0.2) is 15.6 Å². The van der Waals surface area contributed by atoms with E-state index in [4.69, 9.17) is 4.42 Å². The van der Waals surface area contributed by atoms with Gasteiger partial charge in [0.25, 0.3) is 11.8 Å². The Hall–Kier alpha value is -2.23. The lowest BCUT2D eigenvalue weighted by molar-refractivity contribution is 0.0965. The number of rotatable bonds is 4. The number of nitrogens with one attached hydrogen (secondary N) is 1. The molecule has 7 nitrogen and oxygen atoms in total. The second-order valence-electron chi connectivity index (χ2n) is 5.01. The van der Waals surface area contributed by atoms with Crippen LogP contribution in [0.2, 0.25) is 0 Å². The number of nitrogens with zero attached hydrogens (tertiary/aromatic N) is 2. The molecule has 3 rings (SSSR count). The van der Waals surface area contributed by atoms with Crippen molar-refractivity contribution in [2.75, 3.05) is 11.6 Å². The largest absolute Gasteiger partial charge is 0.458 e. The molecule has 0 aromatic carbocycles. The number of carbonyl (C=O) groups is 1. The summed E-state index contributed by atoms with van der Waals surface area (Å²) >= 11 is 0. The van der Waals surface area contributed by atoms with Crippen molar-refractivity contribution in [3.63, 3.8) is 0 Å². The van der Waals surface area contributed by atoms with E-state index in [1.165, 1.54) is 12.3 Å². The summed E-state index contributed by atoms with van der Waals surface area (Å²) in [5, 5.41) is 6.13. The molecule has 0 bridgehead atoms. The third-order valence-corrected chi connectivity index (χ3v) is 4.30. The Labute approximate surface area is 123 Å². The van der Waals surface area contributed by atoms with Crippen LogP contribution in [0.25, 0.3) is 0 Å². The van der Waals surface area contributed by atoms with Crippen LogP contribution in [0, 0.1) is 0 Å². The van der Waals surface area contributed by atoms with Gasteiger partial charge in [0.1, 0.15) is 23.0 Å². The van der Waals surface area contributed by atoms with E-state index in [1.807, 2.05) is 0 Å². The van der Waals surface area contributed by atoms with Gasteiger partial charge in [-0.25, -0.2) is 21.9 Å². The van der Waals surface area contributed by atoms with Crippen molar-refractivity contribution < 1.29 is 26.4 Å². The standard InChI is InChI=1S/C12H11F2N3O4S/c1-22(19,20)7-4-8(21-6-7)11(18)16-10-2-3-15-17(10)9-5-12(9,13)14/h2-4,6,9H,5H2,1H3,(H,16,18). The summed E-state index contributed by atoms with van der Waals surface area (Å²) in [6.07, 6.45) is 2.87. The molecule has 1 aliphatic rings. The van der Waals surface area contributed by atoms with Gasteiger partial charge in [0.05, 0.1) is 6.20 Å². The van der Waals surface area contributed by atoms with Gasteiger partial charge in [-0.15, -0.1) is 0 Å². The highest BCUT2D eigenvalue weighted by molar-refractivity contribution is 7.90. The van der Waals surface area contributed by atoms with E-state index in [2.05, 4.69) is 10.4 Å².